The first-order chi connectivity index (χ1) is 34.8. The molecule has 2 atom stereocenters. The lowest BCUT2D eigenvalue weighted by atomic mass is 10.1. The Bertz CT molecular complexity index is 2860. The van der Waals surface area contributed by atoms with Crippen molar-refractivity contribution in [2.75, 3.05) is 43.9 Å². The molecule has 0 spiro atoms. The molecule has 0 saturated carbocycles. The molecule has 386 valence electrons. The fourth-order valence-electron chi connectivity index (χ4n) is 7.04. The standard InChI is InChI=1S/C25H28FN5O5S.C24H26FN5O5S/c1-14-21(23(34)31-18(24(35)36-3)13-28-22(33)20-7-5-11-37-20)15(2)30-25(29-14)27-10-4-6-16-8-9-17(26)19(32)12-16;1-13-20(22(33)30-17(23(34)35)12-27-21(32)19-6-4-10-36-19)14(2)29-24(28-13)26-9-3-5-15-7-8-16(25)18(31)11-15/h5,7-9,11-12,18,32H,4,6,10,13H2,1-3H3,(H,28,33)(H,31,34)(H,27,29,30);4,6-8,10-11,17,31H,3,5,9,12H2,1-2H3,(H,27,32)(H,30,33)(H,34,35)(H,26,28,29)/t18-;17-/m00/s1. The van der Waals surface area contributed by atoms with Crippen molar-refractivity contribution in [1.29, 1.82) is 0 Å². The zero-order valence-electron chi connectivity index (χ0n) is 40.3. The number of aromatic hydroxyl groups is 2. The van der Waals surface area contributed by atoms with Gasteiger partial charge in [0, 0.05) is 26.2 Å². The predicted molar refractivity (Wildman–Crippen MR) is 268 cm³/mol. The number of carboxylic acids is 1. The smallest absolute Gasteiger partial charge is 0.330 e. The van der Waals surface area contributed by atoms with Gasteiger partial charge in [-0.15, -0.1) is 22.7 Å². The predicted octanol–water partition coefficient (Wildman–Crippen LogP) is 5.40. The minimum Gasteiger partial charge on any atom is -0.505 e. The van der Waals surface area contributed by atoms with Crippen LogP contribution in [0, 0.1) is 39.3 Å². The number of halogens is 2. The molecule has 6 aromatic rings. The number of hydrogen-bond donors (Lipinski definition) is 9. The highest BCUT2D eigenvalue weighted by Gasteiger charge is 2.27. The van der Waals surface area contributed by atoms with Gasteiger partial charge in [-0.2, -0.15) is 0 Å². The number of carbonyl (C=O) groups excluding carboxylic acids is 5. The van der Waals surface area contributed by atoms with Crippen molar-refractivity contribution in [3.05, 3.63) is 138 Å². The van der Waals surface area contributed by atoms with E-state index in [2.05, 4.69) is 51.8 Å². The van der Waals surface area contributed by atoms with Crippen molar-refractivity contribution in [2.45, 2.75) is 65.5 Å². The fourth-order valence-corrected chi connectivity index (χ4v) is 8.32. The third-order valence-electron chi connectivity index (χ3n) is 10.7. The number of benzene rings is 2. The zero-order valence-corrected chi connectivity index (χ0v) is 41.9. The summed E-state index contributed by atoms with van der Waals surface area (Å²) in [6.45, 7) is 7.10. The van der Waals surface area contributed by atoms with Gasteiger partial charge in [0.2, 0.25) is 11.9 Å². The van der Waals surface area contributed by atoms with E-state index in [0.717, 1.165) is 11.1 Å². The number of rotatable bonds is 22. The van der Waals surface area contributed by atoms with Crippen LogP contribution in [-0.4, -0.2) is 116 Å². The number of nitrogens with one attached hydrogen (secondary N) is 6. The third-order valence-corrected chi connectivity index (χ3v) is 12.4. The Hall–Kier alpha value is -8.12. The zero-order chi connectivity index (χ0) is 53.2. The number of carboxylic acid groups (broad SMARTS) is 1. The summed E-state index contributed by atoms with van der Waals surface area (Å²) >= 11 is 2.48. The lowest BCUT2D eigenvalue weighted by Gasteiger charge is -2.18. The highest BCUT2D eigenvalue weighted by atomic mass is 32.1. The Labute approximate surface area is 426 Å². The Balaban J connectivity index is 0.000000271. The second kappa shape index (κ2) is 26.9. The first-order valence-corrected chi connectivity index (χ1v) is 24.3. The van der Waals surface area contributed by atoms with Crippen LogP contribution in [0.3, 0.4) is 0 Å². The second-order valence-corrected chi connectivity index (χ2v) is 18.0. The SMILES string of the molecule is COC(=O)[C@H](CNC(=O)c1cccs1)NC(=O)c1c(C)nc(NCCCc2ccc(F)c(O)c2)nc1C.Cc1nc(NCCCc2ccc(F)c(O)c2)nc(C)c1C(=O)N[C@@H](CNC(=O)c1cccs1)C(=O)O. The molecular weight excluding hydrogens is 991 g/mol. The normalized spacial score (nSPS) is 11.5. The molecule has 6 rings (SSSR count). The van der Waals surface area contributed by atoms with Gasteiger partial charge >= 0.3 is 11.9 Å². The number of aryl methyl sites for hydroxylation is 6. The molecule has 0 bridgehead atoms. The number of aromatic nitrogens is 4. The van der Waals surface area contributed by atoms with E-state index in [0.29, 0.717) is 83.2 Å². The minimum absolute atomic E-state index is 0.151. The molecule has 0 aliphatic carbocycles. The fraction of sp³-hybridized carbons (Fsp3) is 0.306. The molecule has 0 unspecified atom stereocenters. The molecule has 20 nitrogen and oxygen atoms in total. The first-order valence-electron chi connectivity index (χ1n) is 22.5. The van der Waals surface area contributed by atoms with E-state index in [1.807, 2.05) is 0 Å². The summed E-state index contributed by atoms with van der Waals surface area (Å²) in [6.07, 6.45) is 2.54. The topological polar surface area (TPSA) is 296 Å². The Morgan fingerprint density at radius 2 is 1.00 bits per heavy atom. The summed E-state index contributed by atoms with van der Waals surface area (Å²) in [5, 5.41) is 48.2. The van der Waals surface area contributed by atoms with Crippen molar-refractivity contribution in [3.63, 3.8) is 0 Å². The van der Waals surface area contributed by atoms with Gasteiger partial charge in [0.25, 0.3) is 23.6 Å². The number of anilines is 2. The van der Waals surface area contributed by atoms with Crippen molar-refractivity contribution in [3.8, 4) is 11.5 Å². The monoisotopic (exact) mass is 1040 g/mol. The lowest BCUT2D eigenvalue weighted by Crippen LogP contribution is -2.49. The van der Waals surface area contributed by atoms with Crippen LogP contribution in [0.1, 0.15) is 86.8 Å². The summed E-state index contributed by atoms with van der Waals surface area (Å²) in [4.78, 5) is 92.2. The largest absolute Gasteiger partial charge is 0.505 e. The summed E-state index contributed by atoms with van der Waals surface area (Å²) in [7, 11) is 1.20. The number of aliphatic carboxylic acids is 1. The number of esters is 1. The van der Waals surface area contributed by atoms with E-state index in [4.69, 9.17) is 4.74 Å². The van der Waals surface area contributed by atoms with E-state index in [-0.39, 0.29) is 41.6 Å². The molecule has 9 N–H and O–H groups in total. The van der Waals surface area contributed by atoms with Crippen LogP contribution in [0.2, 0.25) is 0 Å². The average molecular weight is 1050 g/mol. The molecule has 0 aliphatic heterocycles. The molecule has 4 amide bonds. The minimum atomic E-state index is -1.34. The van der Waals surface area contributed by atoms with Crippen LogP contribution in [-0.2, 0) is 27.2 Å². The van der Waals surface area contributed by atoms with Gasteiger partial charge < -0.3 is 52.0 Å². The molecule has 4 heterocycles. The highest BCUT2D eigenvalue weighted by Crippen LogP contribution is 2.20. The number of methoxy groups -OCH3 is 1. The van der Waals surface area contributed by atoms with Crippen LogP contribution in [0.25, 0.3) is 0 Å². The molecular formula is C49H54F2N10O10S2. The summed E-state index contributed by atoms with van der Waals surface area (Å²) in [5.41, 5.74) is 3.48. The summed E-state index contributed by atoms with van der Waals surface area (Å²) < 4.78 is 31.1. The van der Waals surface area contributed by atoms with E-state index in [1.54, 1.807) is 74.9 Å². The van der Waals surface area contributed by atoms with Crippen molar-refractivity contribution in [1.82, 2.24) is 41.2 Å². The van der Waals surface area contributed by atoms with Crippen LogP contribution >= 0.6 is 22.7 Å². The van der Waals surface area contributed by atoms with Gasteiger partial charge in [0.1, 0.15) is 12.1 Å². The van der Waals surface area contributed by atoms with E-state index in [1.165, 1.54) is 54.0 Å². The van der Waals surface area contributed by atoms with Gasteiger partial charge in [-0.25, -0.2) is 38.3 Å². The summed E-state index contributed by atoms with van der Waals surface area (Å²) in [5.74, 6) is -5.47. The van der Waals surface area contributed by atoms with Crippen molar-refractivity contribution < 1.29 is 57.6 Å². The maximum Gasteiger partial charge on any atom is 0.330 e. The van der Waals surface area contributed by atoms with Gasteiger partial charge in [-0.1, -0.05) is 24.3 Å². The van der Waals surface area contributed by atoms with E-state index >= 15 is 0 Å². The van der Waals surface area contributed by atoms with Crippen LogP contribution in [0.5, 0.6) is 11.5 Å². The second-order valence-electron chi connectivity index (χ2n) is 16.1. The quantitative estimate of drug-likeness (QED) is 0.0304. The van der Waals surface area contributed by atoms with Crippen LogP contribution < -0.4 is 31.9 Å². The molecule has 24 heteroatoms. The maximum atomic E-state index is 13.2. The maximum absolute atomic E-state index is 13.2. The van der Waals surface area contributed by atoms with Gasteiger partial charge in [0.15, 0.2) is 23.1 Å². The Kier molecular flexibility index (Phi) is 20.6. The third kappa shape index (κ3) is 16.5. The van der Waals surface area contributed by atoms with Gasteiger partial charge in [-0.3, -0.25) is 19.2 Å². The number of thiophene rings is 2. The number of ether oxygens (including phenoxy) is 1. The Morgan fingerprint density at radius 1 is 0.603 bits per heavy atom. The number of nitrogens with zero attached hydrogens (tertiary/aromatic N) is 4. The van der Waals surface area contributed by atoms with Crippen molar-refractivity contribution >= 4 is 70.1 Å². The van der Waals surface area contributed by atoms with Gasteiger partial charge in [-0.05, 0) is 112 Å². The number of phenols is 2. The van der Waals surface area contributed by atoms with Crippen LogP contribution in [0.15, 0.2) is 71.4 Å². The molecule has 4 aromatic heterocycles. The van der Waals surface area contributed by atoms with E-state index in [9.17, 15) is 52.9 Å². The molecule has 0 radical (unpaired) electrons. The lowest BCUT2D eigenvalue weighted by molar-refractivity contribution is -0.142. The number of carbonyl (C=O) groups is 6. The number of phenolic OH excluding ortho intramolecular Hbond substituents is 2. The molecule has 0 saturated heterocycles. The first kappa shape index (κ1) is 55.8. The van der Waals surface area contributed by atoms with Gasteiger partial charge in [0.05, 0.1) is 50.8 Å². The molecule has 2 aromatic carbocycles. The van der Waals surface area contributed by atoms with E-state index < -0.39 is 53.4 Å². The average Bonchev–Trinajstić information content (AvgIpc) is 4.10. The van der Waals surface area contributed by atoms with Crippen LogP contribution in [0.4, 0.5) is 20.7 Å². The highest BCUT2D eigenvalue weighted by molar-refractivity contribution is 7.12. The molecule has 0 fully saturated rings. The number of hydrogen-bond acceptors (Lipinski definition) is 17. The molecule has 0 aliphatic rings. The Morgan fingerprint density at radius 3 is 1.36 bits per heavy atom. The molecule has 73 heavy (non-hydrogen) atoms. The number of amides is 4. The van der Waals surface area contributed by atoms with Crippen molar-refractivity contribution in [2.24, 2.45) is 0 Å². The summed E-state index contributed by atoms with van der Waals surface area (Å²) in [6, 6.07) is 12.7.